The summed E-state index contributed by atoms with van der Waals surface area (Å²) in [5, 5.41) is 5.70. The van der Waals surface area contributed by atoms with Gasteiger partial charge in [-0.1, -0.05) is 30.3 Å². The zero-order valence-corrected chi connectivity index (χ0v) is 21.7. The van der Waals surface area contributed by atoms with Crippen LogP contribution in [0.25, 0.3) is 10.8 Å². The average Bonchev–Trinajstić information content (AvgIpc) is 2.87. The van der Waals surface area contributed by atoms with Crippen molar-refractivity contribution in [1.29, 1.82) is 0 Å². The van der Waals surface area contributed by atoms with E-state index in [1.54, 1.807) is 7.11 Å². The third-order valence-electron chi connectivity index (χ3n) is 6.47. The summed E-state index contributed by atoms with van der Waals surface area (Å²) in [7, 11) is 1.68. The van der Waals surface area contributed by atoms with E-state index < -0.39 is 0 Å². The maximum atomic E-state index is 12.8. The molecule has 3 aromatic carbocycles. The standard InChI is InChI=1S/C30H38N2O4/c1-22(2)36-29-6-4-5-26(19-29)30(33)31-28-11-13-32(14-12-28)20-23-7-9-25-10-8-24(18-27(25)17-23)21-35-16-15-34-3/h4-10,17-19,22,28H,11-16,20-21H2,1-3H3,(H,31,33). The minimum atomic E-state index is -0.0285. The summed E-state index contributed by atoms with van der Waals surface area (Å²) < 4.78 is 16.4. The molecule has 1 aliphatic rings. The summed E-state index contributed by atoms with van der Waals surface area (Å²) in [5.74, 6) is 0.702. The second-order valence-electron chi connectivity index (χ2n) is 9.78. The van der Waals surface area contributed by atoms with E-state index >= 15 is 0 Å². The molecule has 4 rings (SSSR count). The summed E-state index contributed by atoms with van der Waals surface area (Å²) in [5.41, 5.74) is 3.13. The van der Waals surface area contributed by atoms with Crippen LogP contribution in [-0.2, 0) is 22.6 Å². The van der Waals surface area contributed by atoms with Crippen molar-refractivity contribution in [3.8, 4) is 5.75 Å². The number of fused-ring (bicyclic) bond motifs is 1. The Morgan fingerprint density at radius 2 is 1.72 bits per heavy atom. The fourth-order valence-electron chi connectivity index (χ4n) is 4.61. The minimum absolute atomic E-state index is 0.0285. The number of hydrogen-bond acceptors (Lipinski definition) is 5. The minimum Gasteiger partial charge on any atom is -0.491 e. The molecular weight excluding hydrogens is 452 g/mol. The fourth-order valence-corrected chi connectivity index (χ4v) is 4.61. The molecule has 1 heterocycles. The average molecular weight is 491 g/mol. The van der Waals surface area contributed by atoms with E-state index in [4.69, 9.17) is 14.2 Å². The number of nitrogens with one attached hydrogen (secondary N) is 1. The van der Waals surface area contributed by atoms with Crippen molar-refractivity contribution in [3.63, 3.8) is 0 Å². The first-order valence-corrected chi connectivity index (χ1v) is 12.9. The van der Waals surface area contributed by atoms with Gasteiger partial charge in [0.1, 0.15) is 5.75 Å². The quantitative estimate of drug-likeness (QED) is 0.375. The van der Waals surface area contributed by atoms with Gasteiger partial charge in [-0.05, 0) is 78.9 Å². The number of carbonyl (C=O) groups is 1. The number of hydrogen-bond donors (Lipinski definition) is 1. The Morgan fingerprint density at radius 1 is 0.972 bits per heavy atom. The summed E-state index contributed by atoms with van der Waals surface area (Å²) in [6, 6.07) is 20.8. The molecule has 0 bridgehead atoms. The molecule has 3 aromatic rings. The molecule has 1 N–H and O–H groups in total. The van der Waals surface area contributed by atoms with Crippen LogP contribution in [0.2, 0.25) is 0 Å². The number of amides is 1. The first kappa shape index (κ1) is 26.1. The van der Waals surface area contributed by atoms with Gasteiger partial charge < -0.3 is 19.5 Å². The molecule has 36 heavy (non-hydrogen) atoms. The highest BCUT2D eigenvalue weighted by molar-refractivity contribution is 5.94. The Morgan fingerprint density at radius 3 is 2.47 bits per heavy atom. The van der Waals surface area contributed by atoms with E-state index in [-0.39, 0.29) is 18.1 Å². The molecule has 0 radical (unpaired) electrons. The lowest BCUT2D eigenvalue weighted by atomic mass is 10.0. The zero-order valence-electron chi connectivity index (χ0n) is 21.7. The largest absolute Gasteiger partial charge is 0.491 e. The van der Waals surface area contributed by atoms with E-state index in [0.29, 0.717) is 25.4 Å². The number of nitrogens with zero attached hydrogens (tertiary/aromatic N) is 1. The van der Waals surface area contributed by atoms with Crippen molar-refractivity contribution in [3.05, 3.63) is 77.4 Å². The molecule has 192 valence electrons. The van der Waals surface area contributed by atoms with Gasteiger partial charge in [0.05, 0.1) is 25.9 Å². The number of methoxy groups -OCH3 is 1. The smallest absolute Gasteiger partial charge is 0.251 e. The fraction of sp³-hybridized carbons (Fsp3) is 0.433. The number of carbonyl (C=O) groups excluding carboxylic acids is 1. The summed E-state index contributed by atoms with van der Waals surface area (Å²) in [4.78, 5) is 15.2. The molecule has 1 saturated heterocycles. The normalized spacial score (nSPS) is 14.9. The highest BCUT2D eigenvalue weighted by atomic mass is 16.5. The molecule has 1 aliphatic heterocycles. The highest BCUT2D eigenvalue weighted by Gasteiger charge is 2.21. The summed E-state index contributed by atoms with van der Waals surface area (Å²) in [6.45, 7) is 8.62. The van der Waals surface area contributed by atoms with Gasteiger partial charge in [0, 0.05) is 38.3 Å². The predicted octanol–water partition coefficient (Wildman–Crippen LogP) is 5.18. The topological polar surface area (TPSA) is 60.0 Å². The van der Waals surface area contributed by atoms with Gasteiger partial charge in [-0.15, -0.1) is 0 Å². The number of benzene rings is 3. The molecule has 0 saturated carbocycles. The predicted molar refractivity (Wildman–Crippen MR) is 143 cm³/mol. The number of likely N-dealkylation sites (tertiary alicyclic amines) is 1. The van der Waals surface area contributed by atoms with Crippen LogP contribution in [0.1, 0.15) is 48.2 Å². The van der Waals surface area contributed by atoms with Crippen molar-refractivity contribution < 1.29 is 19.0 Å². The first-order chi connectivity index (χ1) is 17.5. The van der Waals surface area contributed by atoms with Crippen LogP contribution in [0.3, 0.4) is 0 Å². The first-order valence-electron chi connectivity index (χ1n) is 12.9. The van der Waals surface area contributed by atoms with Gasteiger partial charge in [0.25, 0.3) is 5.91 Å². The van der Waals surface area contributed by atoms with Crippen molar-refractivity contribution >= 4 is 16.7 Å². The van der Waals surface area contributed by atoms with Crippen molar-refractivity contribution in [2.45, 2.75) is 52.0 Å². The van der Waals surface area contributed by atoms with Crippen LogP contribution in [0.4, 0.5) is 0 Å². The van der Waals surface area contributed by atoms with E-state index in [1.165, 1.54) is 21.9 Å². The molecule has 6 nitrogen and oxygen atoms in total. The maximum absolute atomic E-state index is 12.8. The molecule has 0 atom stereocenters. The van der Waals surface area contributed by atoms with E-state index in [9.17, 15) is 4.79 Å². The molecule has 0 aromatic heterocycles. The van der Waals surface area contributed by atoms with Gasteiger partial charge in [-0.2, -0.15) is 0 Å². The van der Waals surface area contributed by atoms with Gasteiger partial charge in [0.2, 0.25) is 0 Å². The molecule has 1 amide bonds. The molecule has 1 fully saturated rings. The Bertz CT molecular complexity index is 1140. The lowest BCUT2D eigenvalue weighted by Gasteiger charge is -2.32. The van der Waals surface area contributed by atoms with E-state index in [0.717, 1.165) is 38.2 Å². The number of ether oxygens (including phenoxy) is 3. The van der Waals surface area contributed by atoms with Crippen LogP contribution in [0.15, 0.2) is 60.7 Å². The monoisotopic (exact) mass is 490 g/mol. The zero-order chi connectivity index (χ0) is 25.3. The Balaban J connectivity index is 1.28. The molecule has 0 unspecified atom stereocenters. The van der Waals surface area contributed by atoms with E-state index in [2.05, 4.69) is 46.6 Å². The van der Waals surface area contributed by atoms with Gasteiger partial charge in [-0.3, -0.25) is 9.69 Å². The lowest BCUT2D eigenvalue weighted by molar-refractivity contribution is 0.0617. The molecule has 0 spiro atoms. The van der Waals surface area contributed by atoms with Crippen molar-refractivity contribution in [2.24, 2.45) is 0 Å². The number of piperidine rings is 1. The van der Waals surface area contributed by atoms with Crippen LogP contribution >= 0.6 is 0 Å². The van der Waals surface area contributed by atoms with Crippen LogP contribution in [0.5, 0.6) is 5.75 Å². The third-order valence-corrected chi connectivity index (χ3v) is 6.47. The van der Waals surface area contributed by atoms with Gasteiger partial charge in [0.15, 0.2) is 0 Å². The summed E-state index contributed by atoms with van der Waals surface area (Å²) >= 11 is 0. The Labute approximate surface area is 214 Å². The Hall–Kier alpha value is -2.93. The Kier molecular flexibility index (Phi) is 9.34. The van der Waals surface area contributed by atoms with Gasteiger partial charge >= 0.3 is 0 Å². The molecule has 6 heteroatoms. The second-order valence-corrected chi connectivity index (χ2v) is 9.78. The molecular formula is C30H38N2O4. The van der Waals surface area contributed by atoms with Crippen LogP contribution in [-0.4, -0.2) is 56.4 Å². The van der Waals surface area contributed by atoms with Crippen molar-refractivity contribution in [2.75, 3.05) is 33.4 Å². The van der Waals surface area contributed by atoms with E-state index in [1.807, 2.05) is 38.1 Å². The highest BCUT2D eigenvalue weighted by Crippen LogP contribution is 2.21. The third kappa shape index (κ3) is 7.53. The number of rotatable bonds is 11. The maximum Gasteiger partial charge on any atom is 0.251 e. The lowest BCUT2D eigenvalue weighted by Crippen LogP contribution is -2.44. The van der Waals surface area contributed by atoms with Crippen LogP contribution < -0.4 is 10.1 Å². The second kappa shape index (κ2) is 12.9. The van der Waals surface area contributed by atoms with Crippen LogP contribution in [0, 0.1) is 0 Å². The SMILES string of the molecule is COCCOCc1ccc2ccc(CN3CCC(NC(=O)c4cccc(OC(C)C)c4)CC3)cc2c1. The van der Waals surface area contributed by atoms with Gasteiger partial charge in [-0.25, -0.2) is 0 Å². The summed E-state index contributed by atoms with van der Waals surface area (Å²) in [6.07, 6.45) is 1.98. The molecule has 0 aliphatic carbocycles. The van der Waals surface area contributed by atoms with Crippen molar-refractivity contribution in [1.82, 2.24) is 10.2 Å².